The van der Waals surface area contributed by atoms with Crippen LogP contribution in [-0.4, -0.2) is 4.21 Å². The van der Waals surface area contributed by atoms with Crippen LogP contribution in [0.5, 0.6) is 0 Å². The van der Waals surface area contributed by atoms with Gasteiger partial charge in [0.1, 0.15) is 9.73 Å². The van der Waals surface area contributed by atoms with Gasteiger partial charge in [0, 0.05) is 21.9 Å². The lowest BCUT2D eigenvalue weighted by Gasteiger charge is -2.21. The molecule has 8 aromatic rings. The van der Waals surface area contributed by atoms with Crippen LogP contribution in [0.2, 0.25) is 0 Å². The van der Waals surface area contributed by atoms with E-state index in [1.54, 1.807) is 0 Å². The molecule has 0 saturated carbocycles. The summed E-state index contributed by atoms with van der Waals surface area (Å²) >= 11 is 0. The lowest BCUT2D eigenvalue weighted by atomic mass is 9.90. The molecule has 0 amide bonds. The van der Waals surface area contributed by atoms with E-state index in [2.05, 4.69) is 115 Å². The maximum absolute atomic E-state index is 14.7. The Bertz CT molecular complexity index is 2610. The molecule has 0 bridgehead atoms. The lowest BCUT2D eigenvalue weighted by Crippen LogP contribution is -2.04. The molecule has 0 aliphatic carbocycles. The summed E-state index contributed by atoms with van der Waals surface area (Å²) in [4.78, 5) is 0.714. The largest absolute Gasteiger partial charge is 0.240 e. The minimum Gasteiger partial charge on any atom is -0.240 e. The minimum atomic E-state index is -2.86. The number of hydrogen-bond acceptors (Lipinski definition) is 2. The molecule has 9 rings (SSSR count). The van der Waals surface area contributed by atoms with E-state index in [0.717, 1.165) is 44.3 Å². The quantitative estimate of drug-likeness (QED) is 0.187. The van der Waals surface area contributed by atoms with Gasteiger partial charge in [0.15, 0.2) is 0 Å². The van der Waals surface area contributed by atoms with Gasteiger partial charge in [-0.25, -0.2) is 4.21 Å². The summed E-state index contributed by atoms with van der Waals surface area (Å²) < 4.78 is 19.7. The topological polar surface area (TPSA) is 29.4 Å². The Hall–Kier alpha value is -5.51. The van der Waals surface area contributed by atoms with Gasteiger partial charge in [-0.15, -0.1) is 0 Å². The number of fused-ring (bicyclic) bond motifs is 9. The molecule has 0 spiro atoms. The summed E-state index contributed by atoms with van der Waals surface area (Å²) in [5.74, 6) is 0. The third-order valence-electron chi connectivity index (χ3n) is 9.03. The molecule has 0 saturated heterocycles. The van der Waals surface area contributed by atoms with Crippen LogP contribution in [0.25, 0.3) is 59.8 Å². The fraction of sp³-hybridized carbons (Fsp3) is 0. The van der Waals surface area contributed by atoms with E-state index in [0.29, 0.717) is 4.90 Å². The summed E-state index contributed by atoms with van der Waals surface area (Å²) in [5, 5.41) is 11.5. The highest BCUT2D eigenvalue weighted by molar-refractivity contribution is 7.96. The molecule has 0 fully saturated rings. The maximum Gasteiger partial charge on any atom is 0.102 e. The van der Waals surface area contributed by atoms with E-state index in [1.165, 1.54) is 32.3 Å². The Morgan fingerprint density at radius 1 is 0.422 bits per heavy atom. The molecule has 3 heteroatoms. The molecular weight excluding hydrogens is 567 g/mol. The molecule has 1 unspecified atom stereocenters. The number of rotatable bonds is 3. The first kappa shape index (κ1) is 25.9. The van der Waals surface area contributed by atoms with Crippen molar-refractivity contribution in [3.63, 3.8) is 0 Å². The molecule has 45 heavy (non-hydrogen) atoms. The monoisotopic (exact) mass is 593 g/mol. The van der Waals surface area contributed by atoms with Crippen LogP contribution in [0, 0.1) is 0 Å². The zero-order chi connectivity index (χ0) is 30.0. The summed E-state index contributed by atoms with van der Waals surface area (Å²) in [5.41, 5.74) is 6.01. The average molecular weight is 594 g/mol. The fourth-order valence-electron chi connectivity index (χ4n) is 6.87. The summed E-state index contributed by atoms with van der Waals surface area (Å²) in [6, 6.07) is 54.9. The van der Waals surface area contributed by atoms with Crippen molar-refractivity contribution in [3.8, 4) is 11.1 Å². The zero-order valence-electron chi connectivity index (χ0n) is 24.4. The molecular formula is C42H27NOS. The van der Waals surface area contributed by atoms with Gasteiger partial charge in [0.05, 0.1) is 10.6 Å². The Morgan fingerprint density at radius 3 is 1.73 bits per heavy atom. The minimum absolute atomic E-state index is 0.714. The van der Waals surface area contributed by atoms with Gasteiger partial charge in [-0.2, -0.15) is 4.36 Å². The fourth-order valence-corrected chi connectivity index (χ4v) is 8.76. The van der Waals surface area contributed by atoms with Gasteiger partial charge < -0.3 is 0 Å². The molecule has 0 radical (unpaired) electrons. The van der Waals surface area contributed by atoms with Gasteiger partial charge >= 0.3 is 0 Å². The molecule has 1 aliphatic heterocycles. The van der Waals surface area contributed by atoms with Crippen molar-refractivity contribution in [1.29, 1.82) is 0 Å². The third-order valence-corrected chi connectivity index (χ3v) is 11.0. The normalized spacial score (nSPS) is 16.0. The van der Waals surface area contributed by atoms with Crippen molar-refractivity contribution in [2.45, 2.75) is 4.90 Å². The summed E-state index contributed by atoms with van der Waals surface area (Å²) in [6.07, 6.45) is 0. The van der Waals surface area contributed by atoms with Crippen LogP contribution in [0.15, 0.2) is 172 Å². The molecule has 8 aromatic carbocycles. The van der Waals surface area contributed by atoms with Crippen LogP contribution in [0.1, 0.15) is 11.1 Å². The van der Waals surface area contributed by atoms with Crippen LogP contribution < -0.4 is 0 Å². The van der Waals surface area contributed by atoms with Crippen LogP contribution in [0.3, 0.4) is 0 Å². The summed E-state index contributed by atoms with van der Waals surface area (Å²) in [6.45, 7) is 0. The van der Waals surface area contributed by atoms with Gasteiger partial charge in [-0.1, -0.05) is 133 Å². The highest BCUT2D eigenvalue weighted by Crippen LogP contribution is 2.44. The van der Waals surface area contributed by atoms with Gasteiger partial charge in [-0.3, -0.25) is 0 Å². The van der Waals surface area contributed by atoms with Gasteiger partial charge in [-0.05, 0) is 78.7 Å². The third kappa shape index (κ3) is 4.12. The molecule has 1 heterocycles. The van der Waals surface area contributed by atoms with Crippen LogP contribution >= 0.6 is 0 Å². The zero-order valence-corrected chi connectivity index (χ0v) is 25.2. The molecule has 0 N–H and O–H groups in total. The van der Waals surface area contributed by atoms with Crippen molar-refractivity contribution in [2.24, 2.45) is 4.36 Å². The van der Waals surface area contributed by atoms with Gasteiger partial charge in [0.25, 0.3) is 0 Å². The van der Waals surface area contributed by atoms with Crippen molar-refractivity contribution in [3.05, 3.63) is 174 Å². The Labute approximate surface area is 262 Å². The molecule has 1 aliphatic rings. The Kier molecular flexibility index (Phi) is 5.77. The predicted octanol–water partition coefficient (Wildman–Crippen LogP) is 11.5. The van der Waals surface area contributed by atoms with E-state index in [4.69, 9.17) is 4.36 Å². The molecule has 2 nitrogen and oxygen atoms in total. The second kappa shape index (κ2) is 10.0. The van der Waals surface area contributed by atoms with Crippen molar-refractivity contribution in [2.75, 3.05) is 0 Å². The van der Waals surface area contributed by atoms with Crippen molar-refractivity contribution in [1.82, 2.24) is 0 Å². The Balaban J connectivity index is 1.26. The highest BCUT2D eigenvalue weighted by Gasteiger charge is 2.24. The predicted molar refractivity (Wildman–Crippen MR) is 190 cm³/mol. The van der Waals surface area contributed by atoms with E-state index < -0.39 is 9.73 Å². The SMILES string of the molecule is O=S1(c2ccccc2)=Nc2c(ccc3ccccc23)C(c2cccc(-c3ccc4c5ccccc5c5ccccc5c4c3)c2)=C1. The number of hydrogen-bond donors (Lipinski definition) is 0. The second-order valence-corrected chi connectivity index (χ2v) is 13.6. The lowest BCUT2D eigenvalue weighted by molar-refractivity contribution is 0.682. The van der Waals surface area contributed by atoms with E-state index in [1.807, 2.05) is 47.9 Å². The first-order valence-electron chi connectivity index (χ1n) is 15.2. The summed E-state index contributed by atoms with van der Waals surface area (Å²) in [7, 11) is -2.86. The molecule has 212 valence electrons. The average Bonchev–Trinajstić information content (AvgIpc) is 3.11. The first-order chi connectivity index (χ1) is 22.2. The highest BCUT2D eigenvalue weighted by atomic mass is 32.2. The Morgan fingerprint density at radius 2 is 1.00 bits per heavy atom. The number of nitrogens with zero attached hydrogens (tertiary/aromatic N) is 1. The van der Waals surface area contributed by atoms with Crippen LogP contribution in [-0.2, 0) is 9.73 Å². The van der Waals surface area contributed by atoms with Crippen LogP contribution in [0.4, 0.5) is 5.69 Å². The van der Waals surface area contributed by atoms with Crippen molar-refractivity contribution < 1.29 is 4.21 Å². The molecule has 1 atom stereocenters. The van der Waals surface area contributed by atoms with E-state index in [9.17, 15) is 4.21 Å². The number of benzene rings is 8. The van der Waals surface area contributed by atoms with Crippen molar-refractivity contribution >= 4 is 64.1 Å². The van der Waals surface area contributed by atoms with E-state index in [-0.39, 0.29) is 0 Å². The smallest absolute Gasteiger partial charge is 0.102 e. The maximum atomic E-state index is 14.7. The van der Waals surface area contributed by atoms with Gasteiger partial charge in [0.2, 0.25) is 0 Å². The first-order valence-corrected chi connectivity index (χ1v) is 16.7. The van der Waals surface area contributed by atoms with E-state index >= 15 is 0 Å². The standard InChI is InChI=1S/C42H27NOS/c44-45(32-14-2-1-3-15-32)27-41(39-24-21-28-11-4-5-16-33(28)42(39)43-45)31-13-10-12-29(25-31)30-22-23-38-36-19-7-6-17-34(36)35-18-8-9-20-37(35)40(38)26-30/h1-27H. The molecule has 0 aromatic heterocycles. The second-order valence-electron chi connectivity index (χ2n) is 11.6.